The number of unbranched alkanes of at least 4 members (excludes halogenated alkanes) is 1. The predicted octanol–water partition coefficient (Wildman–Crippen LogP) is 3.86. The van der Waals surface area contributed by atoms with E-state index in [1.807, 2.05) is 31.3 Å². The van der Waals surface area contributed by atoms with Crippen LogP contribution in [0.2, 0.25) is 10.0 Å². The molecule has 0 aliphatic heterocycles. The summed E-state index contributed by atoms with van der Waals surface area (Å²) in [7, 11) is 1.73. The maximum Gasteiger partial charge on any atom is 0.250 e. The van der Waals surface area contributed by atoms with Gasteiger partial charge in [-0.25, -0.2) is 0 Å². The SMILES string of the molecule is CN=C(NCCCCn1ccccc1=O)NC(C)c1ccc(Cl)cc1Cl. The minimum Gasteiger partial charge on any atom is -0.356 e. The molecule has 1 unspecified atom stereocenters. The summed E-state index contributed by atoms with van der Waals surface area (Å²) in [4.78, 5) is 15.9. The van der Waals surface area contributed by atoms with E-state index in [2.05, 4.69) is 15.6 Å². The van der Waals surface area contributed by atoms with Crippen molar-refractivity contribution >= 4 is 29.2 Å². The maximum atomic E-state index is 11.6. The van der Waals surface area contributed by atoms with E-state index in [1.54, 1.807) is 29.8 Å². The lowest BCUT2D eigenvalue weighted by Gasteiger charge is -2.19. The summed E-state index contributed by atoms with van der Waals surface area (Å²) < 4.78 is 1.72. The van der Waals surface area contributed by atoms with Crippen LogP contribution in [0.1, 0.15) is 31.4 Å². The van der Waals surface area contributed by atoms with Crippen molar-refractivity contribution in [3.63, 3.8) is 0 Å². The highest BCUT2D eigenvalue weighted by Gasteiger charge is 2.11. The summed E-state index contributed by atoms with van der Waals surface area (Å²) in [6.45, 7) is 3.50. The van der Waals surface area contributed by atoms with Crippen LogP contribution in [-0.2, 0) is 6.54 Å². The second-order valence-corrected chi connectivity index (χ2v) is 6.81. The van der Waals surface area contributed by atoms with E-state index in [9.17, 15) is 4.79 Å². The van der Waals surface area contributed by atoms with Crippen molar-refractivity contribution in [1.29, 1.82) is 0 Å². The van der Waals surface area contributed by atoms with Crippen molar-refractivity contribution in [3.05, 3.63) is 68.6 Å². The van der Waals surface area contributed by atoms with Crippen LogP contribution < -0.4 is 16.2 Å². The fourth-order valence-corrected chi connectivity index (χ4v) is 3.16. The molecule has 0 amide bonds. The molecule has 1 aromatic carbocycles. The van der Waals surface area contributed by atoms with E-state index in [0.29, 0.717) is 22.5 Å². The molecule has 7 heteroatoms. The standard InChI is InChI=1S/C19H24Cl2N4O/c1-14(16-9-8-15(20)13-17(16)21)24-19(22-2)23-10-4-6-12-25-11-5-3-7-18(25)26/h3,5,7-9,11,13-14H,4,6,10,12H2,1-2H3,(H2,22,23,24). The second-order valence-electron chi connectivity index (χ2n) is 5.97. The highest BCUT2D eigenvalue weighted by atomic mass is 35.5. The zero-order valence-corrected chi connectivity index (χ0v) is 16.5. The number of guanidine groups is 1. The van der Waals surface area contributed by atoms with Gasteiger partial charge in [-0.3, -0.25) is 9.79 Å². The average molecular weight is 395 g/mol. The third-order valence-electron chi connectivity index (χ3n) is 4.02. The molecule has 1 aromatic heterocycles. The van der Waals surface area contributed by atoms with E-state index in [0.717, 1.165) is 24.9 Å². The van der Waals surface area contributed by atoms with E-state index >= 15 is 0 Å². The molecule has 0 bridgehead atoms. The first-order valence-electron chi connectivity index (χ1n) is 8.59. The lowest BCUT2D eigenvalue weighted by molar-refractivity contribution is 0.582. The Labute approximate surface area is 164 Å². The zero-order valence-electron chi connectivity index (χ0n) is 15.0. The average Bonchev–Trinajstić information content (AvgIpc) is 2.61. The van der Waals surface area contributed by atoms with E-state index < -0.39 is 0 Å². The number of pyridine rings is 1. The number of aromatic nitrogens is 1. The number of hydrogen-bond donors (Lipinski definition) is 2. The number of hydrogen-bond acceptors (Lipinski definition) is 2. The first kappa shape index (κ1) is 20.3. The quantitative estimate of drug-likeness (QED) is 0.425. The lowest BCUT2D eigenvalue weighted by atomic mass is 10.1. The van der Waals surface area contributed by atoms with Crippen LogP contribution in [0.25, 0.3) is 0 Å². The Hall–Kier alpha value is -1.98. The molecule has 0 saturated carbocycles. The normalized spacial score (nSPS) is 12.7. The maximum absolute atomic E-state index is 11.6. The molecular formula is C19H24Cl2N4O. The fraction of sp³-hybridized carbons (Fsp3) is 0.368. The Morgan fingerprint density at radius 1 is 1.23 bits per heavy atom. The Morgan fingerprint density at radius 3 is 2.73 bits per heavy atom. The van der Waals surface area contributed by atoms with Gasteiger partial charge in [-0.1, -0.05) is 35.3 Å². The Kier molecular flexibility index (Phi) is 8.01. The largest absolute Gasteiger partial charge is 0.356 e. The van der Waals surface area contributed by atoms with Gasteiger partial charge < -0.3 is 15.2 Å². The van der Waals surface area contributed by atoms with Gasteiger partial charge in [-0.05, 0) is 43.5 Å². The van der Waals surface area contributed by atoms with E-state index in [1.165, 1.54) is 0 Å². The van der Waals surface area contributed by atoms with Crippen molar-refractivity contribution in [1.82, 2.24) is 15.2 Å². The van der Waals surface area contributed by atoms with Crippen LogP contribution in [0.4, 0.5) is 0 Å². The Morgan fingerprint density at radius 2 is 2.04 bits per heavy atom. The highest BCUT2D eigenvalue weighted by Crippen LogP contribution is 2.25. The number of nitrogens with zero attached hydrogens (tertiary/aromatic N) is 2. The summed E-state index contributed by atoms with van der Waals surface area (Å²) in [5.74, 6) is 0.709. The molecule has 2 N–H and O–H groups in total. The van der Waals surface area contributed by atoms with Gasteiger partial charge >= 0.3 is 0 Å². The zero-order chi connectivity index (χ0) is 18.9. The van der Waals surface area contributed by atoms with Gasteiger partial charge in [0.2, 0.25) is 5.56 Å². The van der Waals surface area contributed by atoms with Crippen molar-refractivity contribution in [2.75, 3.05) is 13.6 Å². The Balaban J connectivity index is 1.77. The molecule has 0 aliphatic rings. The third kappa shape index (κ3) is 6.07. The molecule has 2 rings (SSSR count). The molecule has 0 aliphatic carbocycles. The lowest BCUT2D eigenvalue weighted by Crippen LogP contribution is -2.39. The number of aliphatic imine (C=N–C) groups is 1. The molecule has 0 spiro atoms. The van der Waals surface area contributed by atoms with Gasteiger partial charge in [0.05, 0.1) is 6.04 Å². The first-order valence-corrected chi connectivity index (χ1v) is 9.34. The molecule has 2 aromatic rings. The predicted molar refractivity (Wildman–Crippen MR) is 109 cm³/mol. The van der Waals surface area contributed by atoms with Crippen LogP contribution in [-0.4, -0.2) is 24.1 Å². The molecular weight excluding hydrogens is 371 g/mol. The number of nitrogens with one attached hydrogen (secondary N) is 2. The molecule has 26 heavy (non-hydrogen) atoms. The summed E-state index contributed by atoms with van der Waals surface area (Å²) in [5, 5.41) is 7.84. The van der Waals surface area contributed by atoms with Crippen LogP contribution in [0.5, 0.6) is 0 Å². The molecule has 1 atom stereocenters. The minimum absolute atomic E-state index is 0.00568. The highest BCUT2D eigenvalue weighted by molar-refractivity contribution is 6.35. The van der Waals surface area contributed by atoms with Crippen LogP contribution in [0.3, 0.4) is 0 Å². The number of benzene rings is 1. The van der Waals surface area contributed by atoms with E-state index in [-0.39, 0.29) is 11.6 Å². The van der Waals surface area contributed by atoms with Gasteiger partial charge in [-0.2, -0.15) is 0 Å². The summed E-state index contributed by atoms with van der Waals surface area (Å²) in [6.07, 6.45) is 3.65. The molecule has 0 fully saturated rings. The van der Waals surface area contributed by atoms with Crippen molar-refractivity contribution < 1.29 is 0 Å². The fourth-order valence-electron chi connectivity index (χ4n) is 2.59. The molecule has 1 heterocycles. The van der Waals surface area contributed by atoms with Gasteiger partial charge in [0.1, 0.15) is 0 Å². The van der Waals surface area contributed by atoms with Crippen molar-refractivity contribution in [2.45, 2.75) is 32.4 Å². The minimum atomic E-state index is -0.00568. The van der Waals surface area contributed by atoms with Gasteiger partial charge in [-0.15, -0.1) is 0 Å². The van der Waals surface area contributed by atoms with Gasteiger partial charge in [0, 0.05) is 42.4 Å². The van der Waals surface area contributed by atoms with Crippen LogP contribution in [0, 0.1) is 0 Å². The Bertz CT molecular complexity index is 804. The van der Waals surface area contributed by atoms with E-state index in [4.69, 9.17) is 23.2 Å². The van der Waals surface area contributed by atoms with Crippen LogP contribution in [0.15, 0.2) is 52.4 Å². The molecule has 0 radical (unpaired) electrons. The molecule has 5 nitrogen and oxygen atoms in total. The van der Waals surface area contributed by atoms with Crippen LogP contribution >= 0.6 is 23.2 Å². The topological polar surface area (TPSA) is 58.4 Å². The second kappa shape index (κ2) is 10.2. The summed E-state index contributed by atoms with van der Waals surface area (Å²) >= 11 is 12.2. The smallest absolute Gasteiger partial charge is 0.250 e. The number of aryl methyl sites for hydroxylation is 1. The van der Waals surface area contributed by atoms with Gasteiger partial charge in [0.25, 0.3) is 0 Å². The number of rotatable bonds is 7. The van der Waals surface area contributed by atoms with Crippen molar-refractivity contribution in [2.24, 2.45) is 4.99 Å². The van der Waals surface area contributed by atoms with Crippen molar-refractivity contribution in [3.8, 4) is 0 Å². The first-order chi connectivity index (χ1) is 12.5. The monoisotopic (exact) mass is 394 g/mol. The third-order valence-corrected chi connectivity index (χ3v) is 4.59. The van der Waals surface area contributed by atoms with Gasteiger partial charge in [0.15, 0.2) is 5.96 Å². The molecule has 0 saturated heterocycles. The summed E-state index contributed by atoms with van der Waals surface area (Å²) in [5.41, 5.74) is 0.995. The molecule has 140 valence electrons. The summed E-state index contributed by atoms with van der Waals surface area (Å²) in [6, 6.07) is 10.7. The number of halogens is 2.